The SMILES string of the molecule is Cc1ccc(-c2nnc(S[C@H](C)C(=O)Nc3ccc([N+](=O)[O-])cc3)n2-c2ccccc2)cc1. The molecule has 0 fully saturated rings. The second-order valence-electron chi connectivity index (χ2n) is 7.40. The van der Waals surface area contributed by atoms with Crippen molar-refractivity contribution in [3.05, 3.63) is 94.5 Å². The van der Waals surface area contributed by atoms with Gasteiger partial charge in [0.15, 0.2) is 11.0 Å². The summed E-state index contributed by atoms with van der Waals surface area (Å²) in [5.74, 6) is 0.444. The Bertz CT molecular complexity index is 1270. The van der Waals surface area contributed by atoms with E-state index in [1.165, 1.54) is 36.0 Å². The zero-order valence-electron chi connectivity index (χ0n) is 18.0. The van der Waals surface area contributed by atoms with Crippen LogP contribution in [0.25, 0.3) is 17.1 Å². The predicted molar refractivity (Wildman–Crippen MR) is 129 cm³/mol. The van der Waals surface area contributed by atoms with Crippen molar-refractivity contribution in [1.29, 1.82) is 0 Å². The van der Waals surface area contributed by atoms with Crippen molar-refractivity contribution in [2.75, 3.05) is 5.32 Å². The van der Waals surface area contributed by atoms with Gasteiger partial charge >= 0.3 is 0 Å². The van der Waals surface area contributed by atoms with Crippen molar-refractivity contribution in [2.45, 2.75) is 24.3 Å². The minimum absolute atomic E-state index is 0.0324. The van der Waals surface area contributed by atoms with Gasteiger partial charge in [-0.05, 0) is 38.1 Å². The number of aromatic nitrogens is 3. The fourth-order valence-electron chi connectivity index (χ4n) is 3.17. The van der Waals surface area contributed by atoms with Crippen molar-refractivity contribution < 1.29 is 9.72 Å². The number of amides is 1. The summed E-state index contributed by atoms with van der Waals surface area (Å²) in [6.45, 7) is 3.80. The molecule has 9 heteroatoms. The van der Waals surface area contributed by atoms with E-state index in [1.54, 1.807) is 6.92 Å². The summed E-state index contributed by atoms with van der Waals surface area (Å²) in [6.07, 6.45) is 0. The van der Waals surface area contributed by atoms with E-state index in [4.69, 9.17) is 0 Å². The predicted octanol–water partition coefficient (Wildman–Crippen LogP) is 5.27. The number of rotatable bonds is 7. The van der Waals surface area contributed by atoms with Gasteiger partial charge in [-0.15, -0.1) is 10.2 Å². The molecule has 0 spiro atoms. The van der Waals surface area contributed by atoms with Crippen LogP contribution in [0.1, 0.15) is 12.5 Å². The lowest BCUT2D eigenvalue weighted by Crippen LogP contribution is -2.22. The first kappa shape index (κ1) is 22.2. The fraction of sp³-hybridized carbons (Fsp3) is 0.125. The number of nitro benzene ring substituents is 1. The highest BCUT2D eigenvalue weighted by Crippen LogP contribution is 2.30. The Hall–Kier alpha value is -3.98. The minimum Gasteiger partial charge on any atom is -0.325 e. The zero-order valence-corrected chi connectivity index (χ0v) is 18.8. The number of benzene rings is 3. The van der Waals surface area contributed by atoms with E-state index in [2.05, 4.69) is 15.5 Å². The number of para-hydroxylation sites is 1. The maximum absolute atomic E-state index is 12.8. The number of aryl methyl sites for hydroxylation is 1. The molecule has 1 amide bonds. The highest BCUT2D eigenvalue weighted by molar-refractivity contribution is 8.00. The lowest BCUT2D eigenvalue weighted by atomic mass is 10.1. The van der Waals surface area contributed by atoms with Crippen molar-refractivity contribution in [1.82, 2.24) is 14.8 Å². The molecule has 0 saturated carbocycles. The second kappa shape index (κ2) is 9.66. The van der Waals surface area contributed by atoms with Crippen LogP contribution in [-0.2, 0) is 4.79 Å². The number of carbonyl (C=O) groups excluding carboxylic acids is 1. The summed E-state index contributed by atoms with van der Waals surface area (Å²) in [7, 11) is 0. The highest BCUT2D eigenvalue weighted by atomic mass is 32.2. The average molecular weight is 460 g/mol. The number of nitrogens with one attached hydrogen (secondary N) is 1. The first-order chi connectivity index (χ1) is 15.9. The van der Waals surface area contributed by atoms with Gasteiger partial charge in [0, 0.05) is 29.1 Å². The quantitative estimate of drug-likeness (QED) is 0.229. The Labute approximate surface area is 194 Å². The first-order valence-corrected chi connectivity index (χ1v) is 11.1. The molecule has 1 atom stereocenters. The van der Waals surface area contributed by atoms with Gasteiger partial charge in [-0.1, -0.05) is 59.8 Å². The molecular weight excluding hydrogens is 438 g/mol. The molecule has 4 rings (SSSR count). The summed E-state index contributed by atoms with van der Waals surface area (Å²) in [4.78, 5) is 23.1. The molecule has 0 bridgehead atoms. The van der Waals surface area contributed by atoms with Gasteiger partial charge in [-0.25, -0.2) is 0 Å². The minimum atomic E-state index is -0.488. The number of nitrogens with zero attached hydrogens (tertiary/aromatic N) is 4. The van der Waals surface area contributed by atoms with Crippen LogP contribution in [0.15, 0.2) is 84.0 Å². The van der Waals surface area contributed by atoms with Crippen LogP contribution in [-0.4, -0.2) is 30.8 Å². The number of anilines is 1. The van der Waals surface area contributed by atoms with E-state index in [9.17, 15) is 14.9 Å². The maximum atomic E-state index is 12.8. The maximum Gasteiger partial charge on any atom is 0.269 e. The van der Waals surface area contributed by atoms with Crippen LogP contribution in [0.2, 0.25) is 0 Å². The van der Waals surface area contributed by atoms with Gasteiger partial charge in [0.2, 0.25) is 5.91 Å². The Morgan fingerprint density at radius 1 is 1.00 bits per heavy atom. The largest absolute Gasteiger partial charge is 0.325 e. The van der Waals surface area contributed by atoms with Crippen LogP contribution in [0.5, 0.6) is 0 Å². The molecule has 0 aliphatic rings. The monoisotopic (exact) mass is 459 g/mol. The van der Waals surface area contributed by atoms with E-state index in [1.807, 2.05) is 66.1 Å². The molecule has 33 heavy (non-hydrogen) atoms. The lowest BCUT2D eigenvalue weighted by Gasteiger charge is -2.14. The molecule has 0 aliphatic heterocycles. The number of hydrogen-bond acceptors (Lipinski definition) is 6. The normalized spacial score (nSPS) is 11.7. The lowest BCUT2D eigenvalue weighted by molar-refractivity contribution is -0.384. The molecule has 0 aliphatic carbocycles. The van der Waals surface area contributed by atoms with Crippen LogP contribution < -0.4 is 5.32 Å². The van der Waals surface area contributed by atoms with Gasteiger partial charge in [-0.2, -0.15) is 0 Å². The summed E-state index contributed by atoms with van der Waals surface area (Å²) >= 11 is 1.29. The van der Waals surface area contributed by atoms with Crippen molar-refractivity contribution in [3.63, 3.8) is 0 Å². The second-order valence-corrected chi connectivity index (χ2v) is 8.70. The van der Waals surface area contributed by atoms with Crippen LogP contribution in [0.4, 0.5) is 11.4 Å². The molecular formula is C24H21N5O3S. The molecule has 1 N–H and O–H groups in total. The standard InChI is InChI=1S/C24H21N5O3S/c1-16-8-10-18(11-9-16)22-26-27-24(28(22)20-6-4-3-5-7-20)33-17(2)23(30)25-19-12-14-21(15-13-19)29(31)32/h3-15,17H,1-2H3,(H,25,30)/t17-/m1/s1. The molecule has 1 heterocycles. The van der Waals surface area contributed by atoms with E-state index in [0.717, 1.165) is 16.8 Å². The Morgan fingerprint density at radius 2 is 1.67 bits per heavy atom. The number of thioether (sulfide) groups is 1. The molecule has 0 saturated heterocycles. The topological polar surface area (TPSA) is 103 Å². The molecule has 0 radical (unpaired) electrons. The summed E-state index contributed by atoms with van der Waals surface area (Å²) in [6, 6.07) is 23.5. The van der Waals surface area contributed by atoms with Crippen LogP contribution in [0.3, 0.4) is 0 Å². The summed E-state index contributed by atoms with van der Waals surface area (Å²) < 4.78 is 1.94. The molecule has 1 aromatic heterocycles. The van der Waals surface area contributed by atoms with Gasteiger partial charge in [-0.3, -0.25) is 19.5 Å². The van der Waals surface area contributed by atoms with Crippen molar-refractivity contribution >= 4 is 29.0 Å². The van der Waals surface area contributed by atoms with Gasteiger partial charge in [0.25, 0.3) is 5.69 Å². The van der Waals surface area contributed by atoms with E-state index < -0.39 is 10.2 Å². The van der Waals surface area contributed by atoms with Gasteiger partial charge in [0.05, 0.1) is 10.2 Å². The number of non-ortho nitro benzene ring substituents is 1. The smallest absolute Gasteiger partial charge is 0.269 e. The summed E-state index contributed by atoms with van der Waals surface area (Å²) in [5.41, 5.74) is 3.42. The van der Waals surface area contributed by atoms with E-state index in [-0.39, 0.29) is 11.6 Å². The number of nitro groups is 1. The third-order valence-electron chi connectivity index (χ3n) is 4.95. The Morgan fingerprint density at radius 3 is 2.30 bits per heavy atom. The van der Waals surface area contributed by atoms with E-state index in [0.29, 0.717) is 16.7 Å². The van der Waals surface area contributed by atoms with Crippen LogP contribution >= 0.6 is 11.8 Å². The Balaban J connectivity index is 1.58. The average Bonchev–Trinajstić information content (AvgIpc) is 3.23. The van der Waals surface area contributed by atoms with Gasteiger partial charge < -0.3 is 5.32 Å². The molecule has 166 valence electrons. The highest BCUT2D eigenvalue weighted by Gasteiger charge is 2.22. The van der Waals surface area contributed by atoms with Gasteiger partial charge in [0.1, 0.15) is 0 Å². The van der Waals surface area contributed by atoms with Crippen molar-refractivity contribution in [3.8, 4) is 17.1 Å². The fourth-order valence-corrected chi connectivity index (χ4v) is 4.04. The third-order valence-corrected chi connectivity index (χ3v) is 6.00. The summed E-state index contributed by atoms with van der Waals surface area (Å²) in [5, 5.41) is 22.5. The van der Waals surface area contributed by atoms with Crippen molar-refractivity contribution in [2.24, 2.45) is 0 Å². The first-order valence-electron chi connectivity index (χ1n) is 10.2. The molecule has 0 unspecified atom stereocenters. The zero-order chi connectivity index (χ0) is 23.4. The third kappa shape index (κ3) is 5.09. The molecule has 8 nitrogen and oxygen atoms in total. The molecule has 3 aromatic carbocycles. The molecule has 4 aromatic rings. The van der Waals surface area contributed by atoms with E-state index >= 15 is 0 Å². The number of carbonyl (C=O) groups is 1. The van der Waals surface area contributed by atoms with Crippen LogP contribution in [0, 0.1) is 17.0 Å². The number of hydrogen-bond donors (Lipinski definition) is 1. The Kier molecular flexibility index (Phi) is 6.50.